The van der Waals surface area contributed by atoms with E-state index < -0.39 is 0 Å². The van der Waals surface area contributed by atoms with E-state index in [0.717, 1.165) is 25.7 Å². The van der Waals surface area contributed by atoms with Gasteiger partial charge in [-0.1, -0.05) is 0 Å². The van der Waals surface area contributed by atoms with E-state index >= 15 is 0 Å². The van der Waals surface area contributed by atoms with Crippen LogP contribution < -0.4 is 0 Å². The van der Waals surface area contributed by atoms with Crippen LogP contribution in [0.2, 0.25) is 0 Å². The van der Waals surface area contributed by atoms with Crippen molar-refractivity contribution in [1.82, 2.24) is 9.80 Å². The fourth-order valence-corrected chi connectivity index (χ4v) is 5.35. The Morgan fingerprint density at radius 1 is 0.724 bits per heavy atom. The van der Waals surface area contributed by atoms with E-state index in [1.54, 1.807) is 6.08 Å². The second-order valence-electron chi connectivity index (χ2n) is 11.6. The van der Waals surface area contributed by atoms with Gasteiger partial charge in [0.15, 0.2) is 0 Å². The third-order valence-corrected chi connectivity index (χ3v) is 7.57. The van der Waals surface area contributed by atoms with E-state index in [4.69, 9.17) is 9.47 Å². The molecule has 0 radical (unpaired) electrons. The van der Waals surface area contributed by atoms with E-state index in [1.165, 1.54) is 0 Å². The molecule has 5 nitrogen and oxygen atoms in total. The number of nitrogens with zero attached hydrogens (tertiary/aromatic N) is 2. The molecule has 0 N–H and O–H groups in total. The highest BCUT2D eigenvalue weighted by Gasteiger charge is 2.46. The molecule has 0 aromatic carbocycles. The number of esters is 1. The zero-order valence-electron chi connectivity index (χ0n) is 20.7. The number of piperidine rings is 2. The van der Waals surface area contributed by atoms with Gasteiger partial charge in [-0.25, -0.2) is 4.79 Å². The average Bonchev–Trinajstić information content (AvgIpc) is 2.54. The normalized spacial score (nSPS) is 28.2. The van der Waals surface area contributed by atoms with Crippen LogP contribution in [0.25, 0.3) is 0 Å². The van der Waals surface area contributed by atoms with Gasteiger partial charge in [-0.05, 0) is 82.5 Å². The summed E-state index contributed by atoms with van der Waals surface area (Å²) in [5, 5.41) is 0. The van der Waals surface area contributed by atoms with Crippen LogP contribution in [-0.2, 0) is 14.3 Å². The van der Waals surface area contributed by atoms with Gasteiger partial charge in [0, 0.05) is 47.8 Å². The Morgan fingerprint density at radius 2 is 1.03 bits per heavy atom. The summed E-state index contributed by atoms with van der Waals surface area (Å²) >= 11 is 0. The third kappa shape index (κ3) is 5.16. The van der Waals surface area contributed by atoms with Gasteiger partial charge in [-0.15, -0.1) is 0 Å². The Bertz CT molecular complexity index is 613. The first-order valence-electron chi connectivity index (χ1n) is 11.0. The first-order valence-corrected chi connectivity index (χ1v) is 11.0. The second-order valence-corrected chi connectivity index (χ2v) is 11.6. The fourth-order valence-electron chi connectivity index (χ4n) is 5.35. The smallest absolute Gasteiger partial charge is 0.373 e. The summed E-state index contributed by atoms with van der Waals surface area (Å²) in [6, 6.07) is 0. The molecule has 2 aliphatic rings. The molecule has 2 rings (SSSR count). The molecule has 5 heteroatoms. The number of hydrogen-bond acceptors (Lipinski definition) is 5. The Balaban J connectivity index is 2.07. The Labute approximate surface area is 178 Å². The van der Waals surface area contributed by atoms with Crippen molar-refractivity contribution in [2.75, 3.05) is 14.1 Å². The standard InChI is InChI=1S/C24H44N2O3/c1-12-19(28-17-13-21(2,3)25(10)22(4,5)14-17)20(27)29-18-15-23(6,7)26(11)24(8,9)16-18/h12,17-18H,13-16H2,1-11H3. The summed E-state index contributed by atoms with van der Waals surface area (Å²) in [5.41, 5.74) is -0.0222. The fraction of sp³-hybridized carbons (Fsp3) is 0.875. The molecule has 0 aliphatic carbocycles. The van der Waals surface area contributed by atoms with Crippen molar-refractivity contribution in [3.8, 4) is 0 Å². The summed E-state index contributed by atoms with van der Waals surface area (Å²) in [6.07, 6.45) is 5.06. The second kappa shape index (κ2) is 7.88. The van der Waals surface area contributed by atoms with E-state index in [1.807, 2.05) is 6.92 Å². The monoisotopic (exact) mass is 408 g/mol. The van der Waals surface area contributed by atoms with Crippen molar-refractivity contribution in [2.24, 2.45) is 0 Å². The maximum atomic E-state index is 13.0. The zero-order chi connectivity index (χ0) is 22.4. The SMILES string of the molecule is CC=C(OC1CC(C)(C)N(C)C(C)(C)C1)C(=O)OC1CC(C)(C)N(C)C(C)(C)C1. The molecule has 2 aliphatic heterocycles. The Kier molecular flexibility index (Phi) is 6.58. The van der Waals surface area contributed by atoms with Crippen molar-refractivity contribution < 1.29 is 14.3 Å². The number of carbonyl (C=O) groups is 1. The predicted molar refractivity (Wildman–Crippen MR) is 119 cm³/mol. The van der Waals surface area contributed by atoms with Crippen molar-refractivity contribution in [2.45, 2.75) is 122 Å². The summed E-state index contributed by atoms with van der Waals surface area (Å²) in [5.74, 6) is 0.0175. The largest absolute Gasteiger partial charge is 0.483 e. The van der Waals surface area contributed by atoms with Gasteiger partial charge in [-0.2, -0.15) is 0 Å². The van der Waals surface area contributed by atoms with Gasteiger partial charge in [0.2, 0.25) is 5.76 Å². The first-order chi connectivity index (χ1) is 13.0. The van der Waals surface area contributed by atoms with Crippen LogP contribution in [0.1, 0.15) is 88.0 Å². The molecule has 2 heterocycles. The highest BCUT2D eigenvalue weighted by molar-refractivity contribution is 5.86. The first kappa shape index (κ1) is 24.2. The van der Waals surface area contributed by atoms with Crippen molar-refractivity contribution in [3.63, 3.8) is 0 Å². The van der Waals surface area contributed by atoms with Crippen LogP contribution in [0.4, 0.5) is 0 Å². The van der Waals surface area contributed by atoms with Crippen molar-refractivity contribution in [1.29, 1.82) is 0 Å². The van der Waals surface area contributed by atoms with E-state index in [9.17, 15) is 4.79 Å². The molecule has 0 aromatic heterocycles. The maximum absolute atomic E-state index is 13.0. The number of rotatable bonds is 4. The quantitative estimate of drug-likeness (QED) is 0.381. The third-order valence-electron chi connectivity index (χ3n) is 7.57. The van der Waals surface area contributed by atoms with Crippen LogP contribution in [0.15, 0.2) is 11.8 Å². The maximum Gasteiger partial charge on any atom is 0.373 e. The van der Waals surface area contributed by atoms with Crippen LogP contribution in [0.5, 0.6) is 0 Å². The minimum Gasteiger partial charge on any atom is -0.483 e. The van der Waals surface area contributed by atoms with Crippen LogP contribution in [0.3, 0.4) is 0 Å². The summed E-state index contributed by atoms with van der Waals surface area (Å²) in [6.45, 7) is 19.6. The van der Waals surface area contributed by atoms with Gasteiger partial charge in [0.1, 0.15) is 12.2 Å². The van der Waals surface area contributed by atoms with E-state index in [0.29, 0.717) is 5.76 Å². The molecule has 2 saturated heterocycles. The lowest BCUT2D eigenvalue weighted by molar-refractivity contribution is -0.161. The molecule has 0 amide bonds. The Hall–Kier alpha value is -1.07. The van der Waals surface area contributed by atoms with Gasteiger partial charge < -0.3 is 9.47 Å². The average molecular weight is 409 g/mol. The summed E-state index contributed by atoms with van der Waals surface area (Å²) < 4.78 is 12.2. The number of allylic oxidation sites excluding steroid dienone is 1. The molecule has 0 saturated carbocycles. The molecule has 0 aromatic rings. The van der Waals surface area contributed by atoms with Crippen molar-refractivity contribution >= 4 is 5.97 Å². The topological polar surface area (TPSA) is 42.0 Å². The molecule has 0 atom stereocenters. The molecule has 2 fully saturated rings. The minimum atomic E-state index is -0.330. The molecular weight excluding hydrogens is 364 g/mol. The Morgan fingerprint density at radius 3 is 1.34 bits per heavy atom. The minimum absolute atomic E-state index is 0.000297. The lowest BCUT2D eigenvalue weighted by atomic mass is 9.78. The number of likely N-dealkylation sites (tertiary alicyclic amines) is 2. The molecule has 0 bridgehead atoms. The molecular formula is C24H44N2O3. The summed E-state index contributed by atoms with van der Waals surface area (Å²) in [7, 11) is 4.33. The number of hydrogen-bond donors (Lipinski definition) is 0. The molecule has 29 heavy (non-hydrogen) atoms. The molecule has 0 unspecified atom stereocenters. The predicted octanol–water partition coefficient (Wildman–Crippen LogP) is 4.75. The van der Waals surface area contributed by atoms with Gasteiger partial charge in [0.05, 0.1) is 0 Å². The van der Waals surface area contributed by atoms with Gasteiger partial charge >= 0.3 is 5.97 Å². The van der Waals surface area contributed by atoms with Crippen molar-refractivity contribution in [3.05, 3.63) is 11.8 Å². The number of ether oxygens (including phenoxy) is 2. The zero-order valence-corrected chi connectivity index (χ0v) is 20.7. The van der Waals surface area contributed by atoms with Gasteiger partial charge in [0.25, 0.3) is 0 Å². The van der Waals surface area contributed by atoms with E-state index in [2.05, 4.69) is 79.3 Å². The lowest BCUT2D eigenvalue weighted by Crippen LogP contribution is -2.60. The molecule has 0 spiro atoms. The highest BCUT2D eigenvalue weighted by Crippen LogP contribution is 2.40. The molecule has 168 valence electrons. The van der Waals surface area contributed by atoms with E-state index in [-0.39, 0.29) is 40.3 Å². The van der Waals surface area contributed by atoms with Crippen LogP contribution in [-0.4, -0.2) is 64.2 Å². The highest BCUT2D eigenvalue weighted by atomic mass is 16.6. The van der Waals surface area contributed by atoms with Gasteiger partial charge in [-0.3, -0.25) is 9.80 Å². The lowest BCUT2D eigenvalue weighted by Gasteiger charge is -2.53. The summed E-state index contributed by atoms with van der Waals surface area (Å²) in [4.78, 5) is 17.8. The van der Waals surface area contributed by atoms with Crippen LogP contribution >= 0.6 is 0 Å². The van der Waals surface area contributed by atoms with Crippen LogP contribution in [0, 0.1) is 0 Å². The number of carbonyl (C=O) groups excluding carboxylic acids is 1.